The standard InChI is InChI=1S/2C26H32N4O6.C21H28N4O4.C13H12BrN3O3.C13H21NO3.CH4/c2*1-26(2,3)36-25(34)29-13-11-18(12-14-29)35-15-5-6-17-7-8-19-21(16-17)30(24(33)28(19)4)20-9-10-22(31)27-23(20)32;1-24-16-5-4-14(3-2-12-29-15-8-10-22-11-9-15)13-18(16)25(21(24)28)17-6-7-19(26)23-20(17)27;1-16-8-3-2-7(14)6-10(8)17(13(16)20)9-4-5-11(18)15-12(9)19;1-5-10-16-11-6-8-14(9-7-11)12(15)17-13(2,3)4;/h2*7-8,16,18,20H,9-15H2,1-4H3,(H,27,31,32);4-5,13,15,17,22H,2-3,6-12H2,1H3,(H,23,26,27);2-3,6,9H,4-5H2,1H3,(H,15,18,19);1,11H,6-10H2,2-4H3;1H4/i;;;;;1T. The molecule has 8 aromatic rings. The summed E-state index contributed by atoms with van der Waals surface area (Å²) >= 11 is 3.37. The van der Waals surface area contributed by atoms with Crippen molar-refractivity contribution in [3.8, 4) is 36.0 Å². The predicted molar refractivity (Wildman–Crippen MR) is 522 cm³/mol. The minimum absolute atomic E-state index is 0.0206. The summed E-state index contributed by atoms with van der Waals surface area (Å²) in [6.45, 7) is 24.0. The first-order valence-corrected chi connectivity index (χ1v) is 47.7. The first kappa shape index (κ1) is 105. The van der Waals surface area contributed by atoms with E-state index < -0.39 is 64.6 Å². The van der Waals surface area contributed by atoms with Crippen molar-refractivity contribution >= 4 is 126 Å². The number of benzene rings is 4. The molecule has 8 saturated heterocycles. The topological polar surface area (TPSA) is 430 Å². The molecular weight excluding hydrogens is 1860 g/mol. The van der Waals surface area contributed by atoms with Crippen molar-refractivity contribution in [2.24, 2.45) is 28.2 Å². The molecular formula is C100H129BrN16O22. The molecule has 12 heterocycles. The summed E-state index contributed by atoms with van der Waals surface area (Å²) in [6.07, 6.45) is 15.4. The molecule has 39 heteroatoms. The highest BCUT2D eigenvalue weighted by Gasteiger charge is 2.38. The van der Waals surface area contributed by atoms with Crippen molar-refractivity contribution in [2.75, 3.05) is 78.8 Å². The highest BCUT2D eigenvalue weighted by atomic mass is 79.9. The normalized spacial score (nSPS) is 19.3. The summed E-state index contributed by atoms with van der Waals surface area (Å²) in [6, 6.07) is 19.5. The Hall–Kier alpha value is -12.7. The van der Waals surface area contributed by atoms with Crippen molar-refractivity contribution in [3.05, 3.63) is 136 Å². The average molecular weight is 1990 g/mol. The average Bonchev–Trinajstić information content (AvgIpc) is 1.63. The third-order valence-electron chi connectivity index (χ3n) is 24.7. The van der Waals surface area contributed by atoms with Gasteiger partial charge in [-0.15, -0.1) is 6.42 Å². The molecule has 5 N–H and O–H groups in total. The highest BCUT2D eigenvalue weighted by molar-refractivity contribution is 9.10. The molecule has 8 fully saturated rings. The van der Waals surface area contributed by atoms with Gasteiger partial charge in [0, 0.05) is 117 Å². The maximum absolute atomic E-state index is 12.9. The summed E-state index contributed by atoms with van der Waals surface area (Å²) in [7, 11) is 7.93. The van der Waals surface area contributed by atoms with Gasteiger partial charge in [0.05, 0.1) is 68.5 Å². The predicted octanol–water partition coefficient (Wildman–Crippen LogP) is 8.94. The molecule has 38 nitrogen and oxygen atoms in total. The van der Waals surface area contributed by atoms with Gasteiger partial charge in [-0.25, -0.2) is 33.6 Å². The third kappa shape index (κ3) is 27.9. The molecule has 4 aromatic carbocycles. The van der Waals surface area contributed by atoms with E-state index in [0.717, 1.165) is 110 Å². The van der Waals surface area contributed by atoms with Crippen LogP contribution in [0.4, 0.5) is 14.4 Å². The van der Waals surface area contributed by atoms with Crippen LogP contribution in [0.2, 0.25) is 0 Å². The van der Waals surface area contributed by atoms with E-state index in [1.807, 2.05) is 105 Å². The first-order chi connectivity index (χ1) is 66.5. The van der Waals surface area contributed by atoms with Crippen LogP contribution in [0.1, 0.15) is 221 Å². The quantitative estimate of drug-likeness (QED) is 0.0276. The second kappa shape index (κ2) is 47.3. The Bertz CT molecular complexity index is 6150. The molecule has 139 heavy (non-hydrogen) atoms. The molecule has 0 radical (unpaired) electrons. The van der Waals surface area contributed by atoms with Crippen molar-refractivity contribution < 1.29 is 87.3 Å². The SMILES string of the molecule is C#CCOC1CCN(C(=O)OC(C)(C)C)CC1.Cn1c(=O)n(C2CCC(=O)NC2=O)c2cc(Br)ccc21.Cn1c(=O)n(C2CCC(=O)NC2=O)c2cc(C#CCOC3CCN(C(=O)OC(C)(C)C)CC3)ccc21.Cn1c(=O)n(C2CCC(=O)NC2=O)c2cc(C#CCOC3CCN(C(=O)OC(C)(C)C)CC3)ccc21.Cn1c(=O)n(C2CCC(=O)NC2=O)c2cc(CCCOC3CCNCC3)ccc21.[3H]C. The lowest BCUT2D eigenvalue weighted by Crippen LogP contribution is -2.44. The Morgan fingerprint density at radius 2 is 0.691 bits per heavy atom. The van der Waals surface area contributed by atoms with Gasteiger partial charge in [-0.1, -0.05) is 59.0 Å². The summed E-state index contributed by atoms with van der Waals surface area (Å²) in [5.74, 6) is 11.6. The first-order valence-electron chi connectivity index (χ1n) is 47.9. The number of rotatable bonds is 15. The molecule has 4 aromatic heterocycles. The van der Waals surface area contributed by atoms with E-state index in [9.17, 15) is 71.9 Å². The zero-order chi connectivity index (χ0) is 102. The van der Waals surface area contributed by atoms with Gasteiger partial charge >= 0.3 is 41.0 Å². The molecule has 0 aliphatic carbocycles. The number of hydrogen-bond donors (Lipinski definition) is 5. The number of terminal acetylenes is 1. The summed E-state index contributed by atoms with van der Waals surface area (Å²) in [5.41, 5.74) is 5.43. The van der Waals surface area contributed by atoms with Crippen LogP contribution >= 0.6 is 15.9 Å². The number of imide groups is 4. The van der Waals surface area contributed by atoms with Gasteiger partial charge in [0.1, 0.15) is 60.8 Å². The van der Waals surface area contributed by atoms with Crippen LogP contribution in [0.25, 0.3) is 44.1 Å². The number of imidazole rings is 4. The largest absolute Gasteiger partial charge is 0.444 e. The van der Waals surface area contributed by atoms with Crippen molar-refractivity contribution in [1.82, 2.24) is 77.8 Å². The van der Waals surface area contributed by atoms with Gasteiger partial charge in [0.15, 0.2) is 0 Å². The van der Waals surface area contributed by atoms with Crippen LogP contribution in [-0.2, 0) is 106 Å². The van der Waals surface area contributed by atoms with Crippen LogP contribution in [-0.4, -0.2) is 237 Å². The Labute approximate surface area is 815 Å². The zero-order valence-corrected chi connectivity index (χ0v) is 83.2. The molecule has 4 unspecified atom stereocenters. The van der Waals surface area contributed by atoms with Crippen LogP contribution in [0.5, 0.6) is 0 Å². The molecule has 0 saturated carbocycles. The van der Waals surface area contributed by atoms with Gasteiger partial charge in [-0.2, -0.15) is 0 Å². The number of fused-ring (bicyclic) bond motifs is 4. The Morgan fingerprint density at radius 3 is 1.01 bits per heavy atom. The van der Waals surface area contributed by atoms with Crippen LogP contribution in [0, 0.1) is 36.0 Å². The molecule has 11 amide bonds. The number of hydrogen-bond acceptors (Lipinski definition) is 23. The number of carbonyl (C=O) groups is 11. The smallest absolute Gasteiger partial charge is 0.410 e. The number of nitrogens with one attached hydrogen (secondary N) is 5. The fraction of sp³-hybridized carbons (Fsp3) is 0.550. The van der Waals surface area contributed by atoms with Crippen molar-refractivity contribution in [3.63, 3.8) is 0 Å². The number of amides is 11. The minimum atomic E-state index is -0.739. The lowest BCUT2D eigenvalue weighted by molar-refractivity contribution is -0.137. The minimum Gasteiger partial charge on any atom is -0.444 e. The van der Waals surface area contributed by atoms with Gasteiger partial charge in [-0.05, 0) is 238 Å². The number of halogens is 1. The molecule has 748 valence electrons. The molecule has 16 rings (SSSR count). The van der Waals surface area contributed by atoms with E-state index in [-0.39, 0.29) is 135 Å². The molecule has 4 atom stereocenters. The van der Waals surface area contributed by atoms with E-state index >= 15 is 0 Å². The summed E-state index contributed by atoms with van der Waals surface area (Å²) in [4.78, 5) is 187. The number of ether oxygens (including phenoxy) is 7. The lowest BCUT2D eigenvalue weighted by atomic mass is 10.0. The molecule has 8 aliphatic rings. The van der Waals surface area contributed by atoms with Crippen LogP contribution < -0.4 is 49.3 Å². The summed E-state index contributed by atoms with van der Waals surface area (Å²) < 4.78 is 57.9. The Balaban J connectivity index is 0.000000171. The van der Waals surface area contributed by atoms with Crippen LogP contribution in [0.15, 0.2) is 96.4 Å². The Kier molecular flexibility index (Phi) is 35.8. The third-order valence-corrected chi connectivity index (χ3v) is 25.1. The van der Waals surface area contributed by atoms with E-state index in [4.69, 9.17) is 41.0 Å². The van der Waals surface area contributed by atoms with Gasteiger partial charge in [-0.3, -0.25) is 96.2 Å². The van der Waals surface area contributed by atoms with Crippen molar-refractivity contribution in [2.45, 2.75) is 251 Å². The maximum atomic E-state index is 12.9. The number of piperidine rings is 8. The van der Waals surface area contributed by atoms with E-state index in [2.05, 4.69) is 72.1 Å². The van der Waals surface area contributed by atoms with Crippen LogP contribution in [0.3, 0.4) is 0 Å². The molecule has 8 aliphatic heterocycles. The second-order valence-electron chi connectivity index (χ2n) is 38.2. The van der Waals surface area contributed by atoms with Crippen molar-refractivity contribution in [1.29, 1.82) is 0 Å². The highest BCUT2D eigenvalue weighted by Crippen LogP contribution is 2.32. The van der Waals surface area contributed by atoms with E-state index in [1.165, 1.54) is 39.4 Å². The van der Waals surface area contributed by atoms with E-state index in [0.29, 0.717) is 104 Å². The second-order valence-corrected chi connectivity index (χ2v) is 39.2. The Morgan fingerprint density at radius 1 is 0.396 bits per heavy atom. The van der Waals surface area contributed by atoms with E-state index in [1.54, 1.807) is 77.8 Å². The van der Waals surface area contributed by atoms with Gasteiger partial charge < -0.3 is 53.2 Å². The number of aryl methyl sites for hydroxylation is 5. The molecule has 0 spiro atoms. The monoisotopic (exact) mass is 1990 g/mol. The fourth-order valence-corrected chi connectivity index (χ4v) is 17.9. The number of likely N-dealkylation sites (tertiary alicyclic amines) is 3. The summed E-state index contributed by atoms with van der Waals surface area (Å²) in [5, 5.41) is 12.6. The fourth-order valence-electron chi connectivity index (χ4n) is 17.6. The lowest BCUT2D eigenvalue weighted by Gasteiger charge is -2.33. The van der Waals surface area contributed by atoms with Gasteiger partial charge in [0.25, 0.3) is 0 Å². The number of nitrogens with zero attached hydrogens (tertiary/aromatic N) is 11. The number of aromatic nitrogens is 8. The zero-order valence-electron chi connectivity index (χ0n) is 82.6. The maximum Gasteiger partial charge on any atom is 0.410 e. The number of carbonyl (C=O) groups excluding carboxylic acids is 11. The van der Waals surface area contributed by atoms with Gasteiger partial charge in [0.2, 0.25) is 47.3 Å². The molecule has 0 bridgehead atoms.